The number of carbonyl (C=O) groups excluding carboxylic acids is 1. The van der Waals surface area contributed by atoms with Crippen molar-refractivity contribution >= 4 is 33.0 Å². The Morgan fingerprint density at radius 3 is 2.05 bits per heavy atom. The van der Waals surface area contributed by atoms with Gasteiger partial charge in [-0.3, -0.25) is 9.10 Å². The smallest absolute Gasteiger partial charge is 0.245 e. The normalized spacial score (nSPS) is 28.8. The maximum absolute atomic E-state index is 12.9. The van der Waals surface area contributed by atoms with Crippen molar-refractivity contribution in [1.82, 2.24) is 0 Å². The Kier molecular flexibility index (Phi) is 6.43. The van der Waals surface area contributed by atoms with Gasteiger partial charge in [0, 0.05) is 24.5 Å². The Labute approximate surface area is 220 Å². The fourth-order valence-corrected chi connectivity index (χ4v) is 8.61. The molecule has 7 nitrogen and oxygen atoms in total. The third kappa shape index (κ3) is 5.10. The molecule has 5 aliphatic rings. The number of amides is 1. The second-order valence-corrected chi connectivity index (χ2v) is 13.6. The van der Waals surface area contributed by atoms with E-state index >= 15 is 0 Å². The summed E-state index contributed by atoms with van der Waals surface area (Å²) in [6, 6.07) is 15.7. The first-order chi connectivity index (χ1) is 17.8. The minimum atomic E-state index is -3.63. The molecule has 1 aliphatic heterocycles. The lowest BCUT2D eigenvalue weighted by Crippen LogP contribution is -2.48. The second kappa shape index (κ2) is 9.62. The monoisotopic (exact) mass is 523 g/mol. The molecule has 4 aliphatic carbocycles. The van der Waals surface area contributed by atoms with Gasteiger partial charge in [0.05, 0.1) is 25.2 Å². The van der Waals surface area contributed by atoms with Gasteiger partial charge in [-0.05, 0) is 104 Å². The summed E-state index contributed by atoms with van der Waals surface area (Å²) in [6.07, 6.45) is 9.13. The van der Waals surface area contributed by atoms with Gasteiger partial charge in [-0.25, -0.2) is 8.42 Å². The number of morpholine rings is 1. The number of nitrogens with one attached hydrogen (secondary N) is 1. The van der Waals surface area contributed by atoms with Crippen LogP contribution in [0.3, 0.4) is 0 Å². The number of nitrogens with zero attached hydrogens (tertiary/aromatic N) is 2. The predicted molar refractivity (Wildman–Crippen MR) is 147 cm³/mol. The van der Waals surface area contributed by atoms with Gasteiger partial charge in [0.1, 0.15) is 6.54 Å². The van der Waals surface area contributed by atoms with Crippen molar-refractivity contribution in [2.24, 2.45) is 17.8 Å². The maximum Gasteiger partial charge on any atom is 0.245 e. The SMILES string of the molecule is CS(=O)(=O)N(CC(=O)Nc1ccc(N2CCOCC2)cc1)c1ccc(C23CC4CC(CC(C4)C2)C3)cc1. The number of ether oxygens (including phenoxy) is 1. The van der Waals surface area contributed by atoms with Crippen molar-refractivity contribution in [3.05, 3.63) is 54.1 Å². The van der Waals surface area contributed by atoms with E-state index in [0.29, 0.717) is 24.6 Å². The van der Waals surface area contributed by atoms with Gasteiger partial charge in [-0.1, -0.05) is 12.1 Å². The summed E-state index contributed by atoms with van der Waals surface area (Å²) in [4.78, 5) is 15.1. The molecular weight excluding hydrogens is 486 g/mol. The van der Waals surface area contributed by atoms with Gasteiger partial charge in [0.15, 0.2) is 0 Å². The van der Waals surface area contributed by atoms with Crippen molar-refractivity contribution in [2.45, 2.75) is 43.9 Å². The highest BCUT2D eigenvalue weighted by atomic mass is 32.2. The summed E-state index contributed by atoms with van der Waals surface area (Å²) in [6.45, 7) is 2.85. The van der Waals surface area contributed by atoms with Crippen LogP contribution in [-0.4, -0.2) is 53.4 Å². The molecule has 0 atom stereocenters. The second-order valence-electron chi connectivity index (χ2n) is 11.7. The van der Waals surface area contributed by atoms with Gasteiger partial charge >= 0.3 is 0 Å². The Morgan fingerprint density at radius 2 is 1.51 bits per heavy atom. The minimum absolute atomic E-state index is 0.258. The Morgan fingerprint density at radius 1 is 0.946 bits per heavy atom. The number of rotatable bonds is 7. The van der Waals surface area contributed by atoms with Crippen LogP contribution >= 0.6 is 0 Å². The van der Waals surface area contributed by atoms with Crippen LogP contribution in [0.5, 0.6) is 0 Å². The van der Waals surface area contributed by atoms with Crippen LogP contribution in [0, 0.1) is 17.8 Å². The summed E-state index contributed by atoms with van der Waals surface area (Å²) in [5.74, 6) is 2.19. The van der Waals surface area contributed by atoms with Crippen molar-refractivity contribution in [2.75, 3.05) is 53.6 Å². The predicted octanol–water partition coefficient (Wildman–Crippen LogP) is 4.40. The number of sulfonamides is 1. The molecule has 0 radical (unpaired) electrons. The zero-order valence-electron chi connectivity index (χ0n) is 21.6. The fraction of sp³-hybridized carbons (Fsp3) is 0.552. The highest BCUT2D eigenvalue weighted by molar-refractivity contribution is 7.92. The average Bonchev–Trinajstić information content (AvgIpc) is 2.87. The zero-order valence-corrected chi connectivity index (χ0v) is 22.4. The Balaban J connectivity index is 1.14. The van der Waals surface area contributed by atoms with E-state index in [1.807, 2.05) is 36.4 Å². The summed E-state index contributed by atoms with van der Waals surface area (Å²) >= 11 is 0. The minimum Gasteiger partial charge on any atom is -0.378 e. The van der Waals surface area contributed by atoms with Crippen LogP contribution in [0.4, 0.5) is 17.1 Å². The summed E-state index contributed by atoms with van der Waals surface area (Å²) in [7, 11) is -3.63. The Bertz CT molecular complexity index is 1200. The molecule has 198 valence electrons. The van der Waals surface area contributed by atoms with E-state index in [1.165, 1.54) is 48.4 Å². The molecule has 2 aromatic carbocycles. The molecule has 0 unspecified atom stereocenters. The average molecular weight is 524 g/mol. The Hall–Kier alpha value is -2.58. The van der Waals surface area contributed by atoms with E-state index < -0.39 is 10.0 Å². The molecule has 1 saturated heterocycles. The van der Waals surface area contributed by atoms with Crippen LogP contribution < -0.4 is 14.5 Å². The summed E-state index contributed by atoms with van der Waals surface area (Å²) in [5, 5.41) is 2.86. The number of carbonyl (C=O) groups is 1. The van der Waals surface area contributed by atoms with Crippen molar-refractivity contribution in [1.29, 1.82) is 0 Å². The van der Waals surface area contributed by atoms with Crippen molar-refractivity contribution in [3.63, 3.8) is 0 Å². The first-order valence-corrected chi connectivity index (χ1v) is 15.4. The number of hydrogen-bond acceptors (Lipinski definition) is 5. The topological polar surface area (TPSA) is 79.0 Å². The van der Waals surface area contributed by atoms with Gasteiger partial charge in [-0.2, -0.15) is 0 Å². The lowest BCUT2D eigenvalue weighted by atomic mass is 9.48. The van der Waals surface area contributed by atoms with Gasteiger partial charge in [0.25, 0.3) is 0 Å². The molecule has 5 fully saturated rings. The molecule has 4 saturated carbocycles. The summed E-state index contributed by atoms with van der Waals surface area (Å²) < 4.78 is 32.0. The van der Waals surface area contributed by atoms with E-state index in [4.69, 9.17) is 4.74 Å². The van der Waals surface area contributed by atoms with Gasteiger partial charge < -0.3 is 15.0 Å². The lowest BCUT2D eigenvalue weighted by molar-refractivity contribution is -0.114. The largest absolute Gasteiger partial charge is 0.378 e. The molecule has 1 N–H and O–H groups in total. The van der Waals surface area contributed by atoms with Crippen LogP contribution in [0.15, 0.2) is 48.5 Å². The van der Waals surface area contributed by atoms with E-state index in [1.54, 1.807) is 0 Å². The summed E-state index contributed by atoms with van der Waals surface area (Å²) in [5.41, 5.74) is 3.86. The molecule has 37 heavy (non-hydrogen) atoms. The molecule has 4 bridgehead atoms. The van der Waals surface area contributed by atoms with E-state index in [2.05, 4.69) is 22.3 Å². The van der Waals surface area contributed by atoms with E-state index in [-0.39, 0.29) is 17.9 Å². The molecule has 7 rings (SSSR count). The standard InChI is InChI=1S/C29H37N3O4S/c1-37(34,35)32(20-28(33)30-25-4-8-26(9-5-25)31-10-12-36-13-11-31)27-6-2-24(3-7-27)29-17-21-14-22(18-29)16-23(15-21)19-29/h2-9,21-23H,10-20H2,1H3,(H,30,33). The molecule has 0 spiro atoms. The molecule has 8 heteroatoms. The van der Waals surface area contributed by atoms with E-state index in [0.717, 1.165) is 42.8 Å². The molecule has 1 heterocycles. The molecule has 2 aromatic rings. The van der Waals surface area contributed by atoms with Crippen LogP contribution in [0.25, 0.3) is 0 Å². The number of anilines is 3. The molecule has 0 aromatic heterocycles. The quantitative estimate of drug-likeness (QED) is 0.582. The van der Waals surface area contributed by atoms with Crippen LogP contribution in [-0.2, 0) is 25.0 Å². The van der Waals surface area contributed by atoms with Crippen LogP contribution in [0.1, 0.15) is 44.1 Å². The number of hydrogen-bond donors (Lipinski definition) is 1. The third-order valence-corrected chi connectivity index (χ3v) is 10.2. The highest BCUT2D eigenvalue weighted by Crippen LogP contribution is 2.60. The fourth-order valence-electron chi connectivity index (χ4n) is 7.75. The first kappa shape index (κ1) is 24.7. The molecular formula is C29H37N3O4S. The lowest BCUT2D eigenvalue weighted by Gasteiger charge is -2.57. The zero-order chi connectivity index (χ0) is 25.6. The highest BCUT2D eigenvalue weighted by Gasteiger charge is 2.51. The maximum atomic E-state index is 12.9. The van der Waals surface area contributed by atoms with Gasteiger partial charge in [-0.15, -0.1) is 0 Å². The van der Waals surface area contributed by atoms with E-state index in [9.17, 15) is 13.2 Å². The van der Waals surface area contributed by atoms with Gasteiger partial charge in [0.2, 0.25) is 15.9 Å². The van der Waals surface area contributed by atoms with Crippen molar-refractivity contribution < 1.29 is 17.9 Å². The first-order valence-electron chi connectivity index (χ1n) is 13.6. The third-order valence-electron chi connectivity index (χ3n) is 9.02. The molecule has 1 amide bonds. The van der Waals surface area contributed by atoms with Crippen LogP contribution in [0.2, 0.25) is 0 Å². The number of benzene rings is 2. The van der Waals surface area contributed by atoms with Crippen molar-refractivity contribution in [3.8, 4) is 0 Å².